The lowest BCUT2D eigenvalue weighted by Crippen LogP contribution is -2.53. The van der Waals surface area contributed by atoms with Gasteiger partial charge in [-0.2, -0.15) is 0 Å². The number of rotatable bonds is 7. The van der Waals surface area contributed by atoms with E-state index in [9.17, 15) is 14.4 Å². The van der Waals surface area contributed by atoms with Gasteiger partial charge in [0.25, 0.3) is 11.8 Å². The van der Waals surface area contributed by atoms with Gasteiger partial charge in [-0.05, 0) is 48.1 Å². The summed E-state index contributed by atoms with van der Waals surface area (Å²) >= 11 is 1.38. The molecule has 2 fully saturated rings. The maximum absolute atomic E-state index is 13.6. The van der Waals surface area contributed by atoms with Gasteiger partial charge >= 0.3 is 0 Å². The summed E-state index contributed by atoms with van der Waals surface area (Å²) in [5.74, 6) is 0.664. The Labute approximate surface area is 210 Å². The van der Waals surface area contributed by atoms with E-state index < -0.39 is 6.04 Å². The molecule has 1 aromatic heterocycles. The van der Waals surface area contributed by atoms with Gasteiger partial charge in [-0.15, -0.1) is 11.3 Å². The van der Waals surface area contributed by atoms with Crippen molar-refractivity contribution in [3.05, 3.63) is 52.2 Å². The second kappa shape index (κ2) is 11.2. The molecule has 4 rings (SSSR count). The van der Waals surface area contributed by atoms with Gasteiger partial charge in [0, 0.05) is 44.8 Å². The number of amides is 3. The van der Waals surface area contributed by atoms with Crippen LogP contribution < -0.4 is 10.1 Å². The van der Waals surface area contributed by atoms with Gasteiger partial charge in [-0.3, -0.25) is 14.4 Å². The first kappa shape index (κ1) is 25.2. The summed E-state index contributed by atoms with van der Waals surface area (Å²) in [5, 5.41) is 5.14. The predicted molar refractivity (Wildman–Crippen MR) is 136 cm³/mol. The first-order valence-electron chi connectivity index (χ1n) is 12.2. The lowest BCUT2D eigenvalue weighted by atomic mass is 10.1. The molecule has 3 amide bonds. The van der Waals surface area contributed by atoms with Crippen molar-refractivity contribution < 1.29 is 19.1 Å². The summed E-state index contributed by atoms with van der Waals surface area (Å²) in [6.07, 6.45) is 0.439. The summed E-state index contributed by atoms with van der Waals surface area (Å²) in [7, 11) is 1.59. The molecule has 188 valence electrons. The maximum atomic E-state index is 13.6. The smallest absolute Gasteiger partial charge is 0.264 e. The second-order valence-corrected chi connectivity index (χ2v) is 10.4. The number of carbonyl (C=O) groups excluding carboxylic acids is 3. The number of likely N-dealkylation sites (tertiary alicyclic amines) is 1. The number of piperazine rings is 1. The highest BCUT2D eigenvalue weighted by Gasteiger charge is 2.45. The first-order chi connectivity index (χ1) is 16.9. The van der Waals surface area contributed by atoms with Crippen molar-refractivity contribution in [2.75, 3.05) is 46.4 Å². The standard InChI is InChI=1S/C26H34N4O4S/c1-18(2)16-29(24(31)19-6-8-21(34-3)9-7-19)20-15-22(25(32)28-12-10-27-11-13-28)30(17-20)26(33)23-5-4-14-35-23/h4-9,14,18,20,22,27H,10-13,15-17H2,1-3H3. The minimum atomic E-state index is -0.578. The van der Waals surface area contributed by atoms with Gasteiger partial charge in [0.15, 0.2) is 0 Å². The molecule has 2 saturated heterocycles. The molecule has 2 aliphatic heterocycles. The molecule has 1 aromatic carbocycles. The van der Waals surface area contributed by atoms with Crippen LogP contribution in [0, 0.1) is 5.92 Å². The van der Waals surface area contributed by atoms with Gasteiger partial charge in [0.2, 0.25) is 5.91 Å². The van der Waals surface area contributed by atoms with Crippen molar-refractivity contribution in [1.82, 2.24) is 20.0 Å². The lowest BCUT2D eigenvalue weighted by Gasteiger charge is -2.32. The Morgan fingerprint density at radius 2 is 1.86 bits per heavy atom. The molecule has 2 unspecified atom stereocenters. The van der Waals surface area contributed by atoms with Crippen LogP contribution in [0.3, 0.4) is 0 Å². The first-order valence-corrected chi connectivity index (χ1v) is 13.1. The molecule has 2 atom stereocenters. The van der Waals surface area contributed by atoms with Crippen molar-refractivity contribution in [2.45, 2.75) is 32.4 Å². The van der Waals surface area contributed by atoms with Crippen LogP contribution in [0.4, 0.5) is 0 Å². The summed E-state index contributed by atoms with van der Waals surface area (Å²) in [5.41, 5.74) is 0.569. The van der Waals surface area contributed by atoms with Crippen molar-refractivity contribution in [3.8, 4) is 5.75 Å². The Kier molecular flexibility index (Phi) is 8.07. The van der Waals surface area contributed by atoms with E-state index >= 15 is 0 Å². The summed E-state index contributed by atoms with van der Waals surface area (Å²) in [4.78, 5) is 46.6. The van der Waals surface area contributed by atoms with Gasteiger partial charge in [-0.1, -0.05) is 19.9 Å². The number of benzene rings is 1. The van der Waals surface area contributed by atoms with Crippen LogP contribution in [0.1, 0.15) is 40.3 Å². The average Bonchev–Trinajstić information content (AvgIpc) is 3.57. The van der Waals surface area contributed by atoms with Crippen LogP contribution in [0.15, 0.2) is 41.8 Å². The molecule has 0 radical (unpaired) electrons. The van der Waals surface area contributed by atoms with E-state index in [0.717, 1.165) is 13.1 Å². The quantitative estimate of drug-likeness (QED) is 0.635. The maximum Gasteiger partial charge on any atom is 0.264 e. The summed E-state index contributed by atoms with van der Waals surface area (Å²) in [6.45, 7) is 7.77. The van der Waals surface area contributed by atoms with Crippen LogP contribution in [0.5, 0.6) is 5.75 Å². The predicted octanol–water partition coefficient (Wildman–Crippen LogP) is 2.57. The van der Waals surface area contributed by atoms with E-state index in [4.69, 9.17) is 4.74 Å². The fourth-order valence-electron chi connectivity index (χ4n) is 4.83. The molecule has 2 aromatic rings. The topological polar surface area (TPSA) is 82.2 Å². The zero-order valence-electron chi connectivity index (χ0n) is 20.6. The number of nitrogens with one attached hydrogen (secondary N) is 1. The number of hydrogen-bond acceptors (Lipinski definition) is 6. The zero-order valence-corrected chi connectivity index (χ0v) is 21.4. The van der Waals surface area contributed by atoms with Crippen molar-refractivity contribution in [2.24, 2.45) is 5.92 Å². The molecule has 0 bridgehead atoms. The van der Waals surface area contributed by atoms with Crippen LogP contribution in [0.2, 0.25) is 0 Å². The Morgan fingerprint density at radius 3 is 2.46 bits per heavy atom. The Hall–Kier alpha value is -2.91. The van der Waals surface area contributed by atoms with Gasteiger partial charge in [0.05, 0.1) is 18.0 Å². The monoisotopic (exact) mass is 498 g/mol. The van der Waals surface area contributed by atoms with E-state index in [1.165, 1.54) is 11.3 Å². The van der Waals surface area contributed by atoms with Gasteiger partial charge < -0.3 is 24.8 Å². The number of ether oxygens (including phenoxy) is 1. The molecular formula is C26H34N4O4S. The van der Waals surface area contributed by atoms with Gasteiger partial charge in [-0.25, -0.2) is 0 Å². The SMILES string of the molecule is COc1ccc(C(=O)N(CC(C)C)C2CC(C(=O)N3CCNCC3)N(C(=O)c3cccs3)C2)cc1. The third-order valence-electron chi connectivity index (χ3n) is 6.59. The molecule has 0 spiro atoms. The fourth-order valence-corrected chi connectivity index (χ4v) is 5.51. The highest BCUT2D eigenvalue weighted by Crippen LogP contribution is 2.29. The Balaban J connectivity index is 1.61. The number of thiophene rings is 1. The molecule has 3 heterocycles. The molecule has 35 heavy (non-hydrogen) atoms. The third kappa shape index (κ3) is 5.67. The van der Waals surface area contributed by atoms with Crippen molar-refractivity contribution >= 4 is 29.1 Å². The Bertz CT molecular complexity index is 1020. The van der Waals surface area contributed by atoms with Crippen molar-refractivity contribution in [3.63, 3.8) is 0 Å². The highest BCUT2D eigenvalue weighted by molar-refractivity contribution is 7.12. The van der Waals surface area contributed by atoms with Gasteiger partial charge in [0.1, 0.15) is 11.8 Å². The van der Waals surface area contributed by atoms with Crippen molar-refractivity contribution in [1.29, 1.82) is 0 Å². The molecule has 1 N–H and O–H groups in total. The van der Waals surface area contributed by atoms with E-state index in [2.05, 4.69) is 19.2 Å². The average molecular weight is 499 g/mol. The van der Waals surface area contributed by atoms with E-state index in [0.29, 0.717) is 48.8 Å². The van der Waals surface area contributed by atoms with Crippen LogP contribution >= 0.6 is 11.3 Å². The second-order valence-electron chi connectivity index (χ2n) is 9.50. The Morgan fingerprint density at radius 1 is 1.14 bits per heavy atom. The molecule has 8 nitrogen and oxygen atoms in total. The summed E-state index contributed by atoms with van der Waals surface area (Å²) in [6, 6.07) is 9.90. The number of carbonyl (C=O) groups is 3. The largest absolute Gasteiger partial charge is 0.497 e. The molecule has 0 saturated carbocycles. The highest BCUT2D eigenvalue weighted by atomic mass is 32.1. The van der Waals surface area contributed by atoms with E-state index in [-0.39, 0.29) is 29.7 Å². The minimum Gasteiger partial charge on any atom is -0.497 e. The van der Waals surface area contributed by atoms with E-state index in [1.54, 1.807) is 42.3 Å². The molecular weight excluding hydrogens is 464 g/mol. The molecule has 2 aliphatic rings. The number of methoxy groups -OCH3 is 1. The normalized spacial score (nSPS) is 20.2. The van der Waals surface area contributed by atoms with Crippen LogP contribution in [0.25, 0.3) is 0 Å². The number of hydrogen-bond donors (Lipinski definition) is 1. The fraction of sp³-hybridized carbons (Fsp3) is 0.500. The lowest BCUT2D eigenvalue weighted by molar-refractivity contribution is -0.135. The zero-order chi connectivity index (χ0) is 24.9. The molecule has 0 aliphatic carbocycles. The molecule has 9 heteroatoms. The third-order valence-corrected chi connectivity index (χ3v) is 7.44. The van der Waals surface area contributed by atoms with E-state index in [1.807, 2.05) is 21.2 Å². The van der Waals surface area contributed by atoms with Crippen LogP contribution in [-0.4, -0.2) is 90.9 Å². The summed E-state index contributed by atoms with van der Waals surface area (Å²) < 4.78 is 5.23. The van der Waals surface area contributed by atoms with Crippen LogP contribution in [-0.2, 0) is 4.79 Å². The number of nitrogens with zero attached hydrogens (tertiary/aromatic N) is 3. The minimum absolute atomic E-state index is 0.0275.